The van der Waals surface area contributed by atoms with Gasteiger partial charge >= 0.3 is 0 Å². The highest BCUT2D eigenvalue weighted by molar-refractivity contribution is 5.96. The van der Waals surface area contributed by atoms with Crippen LogP contribution in [0.4, 0.5) is 0 Å². The van der Waals surface area contributed by atoms with Gasteiger partial charge in [0.25, 0.3) is 0 Å². The molecule has 5 nitrogen and oxygen atoms in total. The second kappa shape index (κ2) is 11.4. The van der Waals surface area contributed by atoms with Crippen molar-refractivity contribution in [2.24, 2.45) is 5.92 Å². The predicted molar refractivity (Wildman–Crippen MR) is 129 cm³/mol. The number of ketones is 1. The molecule has 0 bridgehead atoms. The van der Waals surface area contributed by atoms with E-state index in [1.807, 2.05) is 45.4 Å². The van der Waals surface area contributed by atoms with Crippen LogP contribution in [0, 0.1) is 12.8 Å². The number of rotatable bonds is 12. The van der Waals surface area contributed by atoms with E-state index in [4.69, 9.17) is 0 Å². The van der Waals surface area contributed by atoms with E-state index in [0.29, 0.717) is 19.4 Å². The number of hydrogen-bond acceptors (Lipinski definition) is 4. The van der Waals surface area contributed by atoms with Gasteiger partial charge in [0.15, 0.2) is 5.78 Å². The van der Waals surface area contributed by atoms with Crippen molar-refractivity contribution in [2.75, 3.05) is 20.6 Å². The number of aromatic nitrogens is 1. The van der Waals surface area contributed by atoms with Gasteiger partial charge in [-0.2, -0.15) is 0 Å². The van der Waals surface area contributed by atoms with Crippen LogP contribution in [0.2, 0.25) is 0 Å². The first-order valence-electron chi connectivity index (χ1n) is 11.8. The minimum atomic E-state index is 0.104. The first-order chi connectivity index (χ1) is 15.4. The van der Waals surface area contributed by atoms with E-state index >= 15 is 0 Å². The predicted octanol–water partition coefficient (Wildman–Crippen LogP) is 4.55. The van der Waals surface area contributed by atoms with E-state index in [0.717, 1.165) is 35.4 Å². The molecule has 0 saturated heterocycles. The maximum Gasteiger partial charge on any atom is 0.220 e. The topological polar surface area (TPSA) is 62.3 Å². The Kier molecular flexibility index (Phi) is 8.57. The van der Waals surface area contributed by atoms with Crippen molar-refractivity contribution in [1.82, 2.24) is 15.2 Å². The summed E-state index contributed by atoms with van der Waals surface area (Å²) >= 11 is 0. The van der Waals surface area contributed by atoms with Gasteiger partial charge in [0.1, 0.15) is 0 Å². The smallest absolute Gasteiger partial charge is 0.220 e. The number of Topliss-reactive ketones (excluding diaryl/α,β-unsaturated/α-hetero) is 1. The Morgan fingerprint density at radius 2 is 2.00 bits per heavy atom. The molecule has 2 atom stereocenters. The highest BCUT2D eigenvalue weighted by atomic mass is 16.1. The summed E-state index contributed by atoms with van der Waals surface area (Å²) in [6.07, 6.45) is 9.17. The molecule has 1 saturated carbocycles. The Labute approximate surface area is 192 Å². The van der Waals surface area contributed by atoms with Crippen molar-refractivity contribution in [1.29, 1.82) is 0 Å². The van der Waals surface area contributed by atoms with E-state index in [-0.39, 0.29) is 23.7 Å². The Bertz CT molecular complexity index is 906. The van der Waals surface area contributed by atoms with Crippen LogP contribution in [-0.4, -0.2) is 48.3 Å². The molecule has 0 aliphatic heterocycles. The molecule has 2 aromatic rings. The van der Waals surface area contributed by atoms with E-state index in [1.165, 1.54) is 18.4 Å². The number of hydrogen-bond donors (Lipinski definition) is 1. The Balaban J connectivity index is 1.59. The number of likely N-dealkylation sites (N-methyl/N-ethyl adjacent to an activating group) is 1. The van der Waals surface area contributed by atoms with Crippen LogP contribution in [-0.2, 0) is 11.2 Å². The number of nitrogens with zero attached hydrogens (tertiary/aromatic N) is 2. The van der Waals surface area contributed by atoms with Gasteiger partial charge in [-0.15, -0.1) is 0 Å². The zero-order chi connectivity index (χ0) is 23.1. The van der Waals surface area contributed by atoms with Gasteiger partial charge in [-0.25, -0.2) is 0 Å². The highest BCUT2D eigenvalue weighted by Gasteiger charge is 2.28. The van der Waals surface area contributed by atoms with Crippen molar-refractivity contribution < 1.29 is 9.59 Å². The largest absolute Gasteiger partial charge is 0.355 e. The van der Waals surface area contributed by atoms with Crippen LogP contribution < -0.4 is 5.32 Å². The number of carbonyl (C=O) groups excluding carboxylic acids is 2. The lowest BCUT2D eigenvalue weighted by molar-refractivity contribution is -0.121. The summed E-state index contributed by atoms with van der Waals surface area (Å²) in [4.78, 5) is 31.2. The molecule has 0 unspecified atom stereocenters. The van der Waals surface area contributed by atoms with Crippen LogP contribution in [0.25, 0.3) is 0 Å². The highest BCUT2D eigenvalue weighted by Crippen LogP contribution is 2.39. The third-order valence-corrected chi connectivity index (χ3v) is 6.61. The lowest BCUT2D eigenvalue weighted by Crippen LogP contribution is -2.42. The fourth-order valence-electron chi connectivity index (χ4n) is 4.23. The van der Waals surface area contributed by atoms with E-state index in [1.54, 1.807) is 6.20 Å². The third kappa shape index (κ3) is 6.99. The first kappa shape index (κ1) is 24.1. The molecule has 1 heterocycles. The zero-order valence-corrected chi connectivity index (χ0v) is 19.9. The summed E-state index contributed by atoms with van der Waals surface area (Å²) in [5.41, 5.74) is 4.28. The fraction of sp³-hybridized carbons (Fsp3) is 0.519. The van der Waals surface area contributed by atoms with Gasteiger partial charge in [0.05, 0.1) is 0 Å². The maximum atomic E-state index is 12.8. The third-order valence-electron chi connectivity index (χ3n) is 6.61. The molecule has 1 N–H and O–H groups in total. The molecule has 1 amide bonds. The summed E-state index contributed by atoms with van der Waals surface area (Å²) in [5, 5.41) is 3.18. The Morgan fingerprint density at radius 3 is 2.59 bits per heavy atom. The number of benzene rings is 1. The number of aryl methyl sites for hydroxylation is 1. The second-order valence-electron chi connectivity index (χ2n) is 9.41. The van der Waals surface area contributed by atoms with E-state index < -0.39 is 0 Å². The first-order valence-corrected chi connectivity index (χ1v) is 11.8. The number of amides is 1. The lowest BCUT2D eigenvalue weighted by Gasteiger charge is -2.26. The van der Waals surface area contributed by atoms with Gasteiger partial charge in [0, 0.05) is 43.4 Å². The summed E-state index contributed by atoms with van der Waals surface area (Å²) in [6, 6.07) is 10.2. The molecule has 3 rings (SSSR count). The minimum Gasteiger partial charge on any atom is -0.355 e. The average Bonchev–Trinajstić information content (AvgIpc) is 3.61. The molecule has 1 aliphatic rings. The van der Waals surface area contributed by atoms with Crippen LogP contribution >= 0.6 is 0 Å². The van der Waals surface area contributed by atoms with Crippen LogP contribution in [0.1, 0.15) is 72.0 Å². The van der Waals surface area contributed by atoms with Crippen molar-refractivity contribution in [2.45, 2.75) is 64.3 Å². The second-order valence-corrected chi connectivity index (χ2v) is 9.41. The van der Waals surface area contributed by atoms with Crippen molar-refractivity contribution in [3.05, 3.63) is 65.0 Å². The summed E-state index contributed by atoms with van der Waals surface area (Å²) in [6.45, 7) is 4.55. The van der Waals surface area contributed by atoms with Crippen molar-refractivity contribution in [3.8, 4) is 0 Å². The standard InChI is InChI=1S/C27H37N3O2/c1-5-26(31)22-11-10-21(19(2)13-22)15-25(30(3)4)18-29-27(32)16-24(14-20-8-9-20)23-7-6-12-28-17-23/h6-7,10-13,17,20,24-25H,5,8-9,14-16,18H2,1-4H3,(H,29,32)/t24-,25-/m0/s1. The molecule has 1 aromatic heterocycles. The van der Waals surface area contributed by atoms with E-state index in [9.17, 15) is 9.59 Å². The SMILES string of the molecule is CCC(=O)c1ccc(C[C@@H](CNC(=O)C[C@H](CC2CC2)c2cccnc2)N(C)C)c(C)c1. The van der Waals surface area contributed by atoms with Crippen molar-refractivity contribution >= 4 is 11.7 Å². The molecular weight excluding hydrogens is 398 g/mol. The fourth-order valence-corrected chi connectivity index (χ4v) is 4.23. The maximum absolute atomic E-state index is 12.8. The van der Waals surface area contributed by atoms with Crippen LogP contribution in [0.3, 0.4) is 0 Å². The van der Waals surface area contributed by atoms with E-state index in [2.05, 4.69) is 34.3 Å². The number of carbonyl (C=O) groups is 2. The van der Waals surface area contributed by atoms with Gasteiger partial charge in [-0.1, -0.05) is 38.0 Å². The zero-order valence-electron chi connectivity index (χ0n) is 19.9. The van der Waals surface area contributed by atoms with Crippen molar-refractivity contribution in [3.63, 3.8) is 0 Å². The van der Waals surface area contributed by atoms with Gasteiger partial charge < -0.3 is 10.2 Å². The molecule has 1 aliphatic carbocycles. The monoisotopic (exact) mass is 435 g/mol. The molecular formula is C27H37N3O2. The summed E-state index contributed by atoms with van der Waals surface area (Å²) in [7, 11) is 4.10. The number of nitrogens with one attached hydrogen (secondary N) is 1. The van der Waals surface area contributed by atoms with Gasteiger partial charge in [-0.3, -0.25) is 14.6 Å². The molecule has 5 heteroatoms. The molecule has 0 spiro atoms. The molecule has 32 heavy (non-hydrogen) atoms. The average molecular weight is 436 g/mol. The normalized spacial score (nSPS) is 15.4. The Morgan fingerprint density at radius 1 is 1.22 bits per heavy atom. The van der Waals surface area contributed by atoms with Gasteiger partial charge in [-0.05, 0) is 74.5 Å². The minimum absolute atomic E-state index is 0.104. The summed E-state index contributed by atoms with van der Waals surface area (Å²) < 4.78 is 0. The number of pyridine rings is 1. The molecule has 0 radical (unpaired) electrons. The van der Waals surface area contributed by atoms with Crippen LogP contribution in [0.15, 0.2) is 42.7 Å². The molecule has 1 aromatic carbocycles. The van der Waals surface area contributed by atoms with Crippen LogP contribution in [0.5, 0.6) is 0 Å². The summed E-state index contributed by atoms with van der Waals surface area (Å²) in [5.74, 6) is 1.27. The molecule has 1 fully saturated rings. The Hall–Kier alpha value is -2.53. The van der Waals surface area contributed by atoms with Gasteiger partial charge in [0.2, 0.25) is 5.91 Å². The molecule has 172 valence electrons. The quantitative estimate of drug-likeness (QED) is 0.497. The lowest BCUT2D eigenvalue weighted by atomic mass is 9.91.